The van der Waals surface area contributed by atoms with E-state index in [0.717, 1.165) is 26.3 Å². The molecule has 2 aromatic carbocycles. The van der Waals surface area contributed by atoms with Crippen LogP contribution in [0.25, 0.3) is 16.6 Å². The molecule has 13 heteroatoms. The molecule has 0 saturated heterocycles. The van der Waals surface area contributed by atoms with Gasteiger partial charge in [0.25, 0.3) is 5.56 Å². The molecule has 9 nitrogen and oxygen atoms in total. The number of anilines is 2. The maximum Gasteiger partial charge on any atom is 0.333 e. The maximum absolute atomic E-state index is 14.2. The first-order valence-electron chi connectivity index (χ1n) is 9.68. The highest BCUT2D eigenvalue weighted by molar-refractivity contribution is 7.85. The van der Waals surface area contributed by atoms with E-state index in [-0.39, 0.29) is 22.3 Å². The molecule has 1 atom stereocenters. The fourth-order valence-corrected chi connectivity index (χ4v) is 5.62. The Morgan fingerprint density at radius 2 is 1.88 bits per heavy atom. The van der Waals surface area contributed by atoms with Crippen LogP contribution in [0, 0.1) is 5.82 Å². The Hall–Kier alpha value is -3.48. The van der Waals surface area contributed by atoms with Gasteiger partial charge in [-0.15, -0.1) is 11.3 Å². The van der Waals surface area contributed by atoms with Gasteiger partial charge in [-0.25, -0.2) is 27.1 Å². The highest BCUT2D eigenvalue weighted by atomic mass is 35.5. The lowest BCUT2D eigenvalue weighted by molar-refractivity contribution is 0.242. The molecular weight excluding hydrogens is 505 g/mol. The summed E-state index contributed by atoms with van der Waals surface area (Å²) in [6.07, 6.45) is 0. The van der Waals surface area contributed by atoms with Crippen LogP contribution in [0.5, 0.6) is 0 Å². The standard InChI is InChI=1S/C21H17ClFN5O4S2/c1-24-16-10-15-13(9-14(16)23)19(29)28(21(31)26-15)12-5-3-11(4-6-12)25-20(30)27(2)34(32)18-8-7-17(22)33-18/h3-10,24H,1-2H3,(H,25,30)(H,26,31). The van der Waals surface area contributed by atoms with Crippen LogP contribution in [0.15, 0.2) is 62.3 Å². The number of carbonyl (C=O) groups is 1. The van der Waals surface area contributed by atoms with Gasteiger partial charge in [0.15, 0.2) is 11.0 Å². The third-order valence-corrected chi connectivity index (χ3v) is 7.73. The zero-order valence-electron chi connectivity index (χ0n) is 17.7. The van der Waals surface area contributed by atoms with Crippen molar-refractivity contribution in [1.82, 2.24) is 13.9 Å². The topological polar surface area (TPSA) is 116 Å². The number of thiophene rings is 1. The summed E-state index contributed by atoms with van der Waals surface area (Å²) < 4.78 is 29.4. The number of H-pyrrole nitrogens is 1. The summed E-state index contributed by atoms with van der Waals surface area (Å²) in [4.78, 5) is 40.5. The van der Waals surface area contributed by atoms with Gasteiger partial charge in [0, 0.05) is 19.8 Å². The largest absolute Gasteiger partial charge is 0.386 e. The van der Waals surface area contributed by atoms with Crippen molar-refractivity contribution in [3.05, 3.63) is 79.5 Å². The molecule has 2 heterocycles. The van der Waals surface area contributed by atoms with Crippen LogP contribution in [0.3, 0.4) is 0 Å². The average Bonchev–Trinajstić information content (AvgIpc) is 3.25. The second kappa shape index (κ2) is 9.41. The molecule has 4 aromatic rings. The van der Waals surface area contributed by atoms with E-state index in [4.69, 9.17) is 11.6 Å². The van der Waals surface area contributed by atoms with E-state index in [2.05, 4.69) is 15.6 Å². The number of aromatic amines is 1. The summed E-state index contributed by atoms with van der Waals surface area (Å²) in [6, 6.07) is 10.8. The predicted molar refractivity (Wildman–Crippen MR) is 132 cm³/mol. The molecule has 0 radical (unpaired) electrons. The fourth-order valence-electron chi connectivity index (χ4n) is 3.16. The normalized spacial score (nSPS) is 11.9. The molecule has 0 saturated carbocycles. The number of aromatic nitrogens is 2. The highest BCUT2D eigenvalue weighted by Crippen LogP contribution is 2.26. The molecule has 34 heavy (non-hydrogen) atoms. The second-order valence-electron chi connectivity index (χ2n) is 6.98. The van der Waals surface area contributed by atoms with Gasteiger partial charge in [0.05, 0.1) is 26.6 Å². The van der Waals surface area contributed by atoms with E-state index in [1.54, 1.807) is 12.1 Å². The number of urea groups is 1. The predicted octanol–water partition coefficient (Wildman–Crippen LogP) is 3.76. The van der Waals surface area contributed by atoms with E-state index in [1.165, 1.54) is 44.4 Å². The lowest BCUT2D eigenvalue weighted by Crippen LogP contribution is -2.34. The van der Waals surface area contributed by atoms with Gasteiger partial charge in [-0.2, -0.15) is 0 Å². The van der Waals surface area contributed by atoms with Crippen LogP contribution in [0.2, 0.25) is 4.34 Å². The fraction of sp³-hybridized carbons (Fsp3) is 0.0952. The summed E-state index contributed by atoms with van der Waals surface area (Å²) in [5.74, 6) is -0.630. The van der Waals surface area contributed by atoms with Crippen molar-refractivity contribution >= 4 is 62.2 Å². The van der Waals surface area contributed by atoms with Crippen LogP contribution in [-0.2, 0) is 11.0 Å². The number of rotatable bonds is 5. The van der Waals surface area contributed by atoms with Gasteiger partial charge in [-0.05, 0) is 48.5 Å². The molecular formula is C21H17ClFN5O4S2. The Kier molecular flexibility index (Phi) is 6.55. The number of nitrogens with one attached hydrogen (secondary N) is 3. The van der Waals surface area contributed by atoms with Gasteiger partial charge in [0.2, 0.25) is 0 Å². The average molecular weight is 522 g/mol. The maximum atomic E-state index is 14.2. The van der Waals surface area contributed by atoms with Crippen LogP contribution in [-0.4, -0.2) is 38.2 Å². The molecule has 0 aliphatic rings. The van der Waals surface area contributed by atoms with Crippen molar-refractivity contribution in [2.24, 2.45) is 0 Å². The summed E-state index contributed by atoms with van der Waals surface area (Å²) in [5, 5.41) is 5.25. The van der Waals surface area contributed by atoms with Crippen molar-refractivity contribution < 1.29 is 13.4 Å². The van der Waals surface area contributed by atoms with Crippen LogP contribution >= 0.6 is 22.9 Å². The zero-order chi connectivity index (χ0) is 24.6. The van der Waals surface area contributed by atoms with Crippen molar-refractivity contribution in [3.8, 4) is 5.69 Å². The van der Waals surface area contributed by atoms with Crippen molar-refractivity contribution in [3.63, 3.8) is 0 Å². The third-order valence-electron chi connectivity index (χ3n) is 4.89. The first-order chi connectivity index (χ1) is 16.2. The number of halogens is 2. The molecule has 0 aliphatic heterocycles. The van der Waals surface area contributed by atoms with E-state index < -0.39 is 34.1 Å². The lowest BCUT2D eigenvalue weighted by atomic mass is 10.2. The molecule has 0 fully saturated rings. The van der Waals surface area contributed by atoms with Crippen LogP contribution in [0.1, 0.15) is 0 Å². The molecule has 1 unspecified atom stereocenters. The minimum absolute atomic E-state index is 0.00580. The van der Waals surface area contributed by atoms with Crippen LogP contribution in [0.4, 0.5) is 20.6 Å². The Morgan fingerprint density at radius 3 is 2.50 bits per heavy atom. The van der Waals surface area contributed by atoms with Gasteiger partial charge in [0.1, 0.15) is 10.0 Å². The number of carbonyl (C=O) groups excluding carboxylic acids is 1. The van der Waals surface area contributed by atoms with Crippen molar-refractivity contribution in [1.29, 1.82) is 0 Å². The quantitative estimate of drug-likeness (QED) is 0.370. The van der Waals surface area contributed by atoms with Gasteiger partial charge in [-0.3, -0.25) is 4.79 Å². The highest BCUT2D eigenvalue weighted by Gasteiger charge is 2.19. The molecule has 2 aromatic heterocycles. The lowest BCUT2D eigenvalue weighted by Gasteiger charge is -2.16. The van der Waals surface area contributed by atoms with E-state index >= 15 is 0 Å². The summed E-state index contributed by atoms with van der Waals surface area (Å²) in [7, 11) is 1.16. The molecule has 4 rings (SSSR count). The Morgan fingerprint density at radius 1 is 1.18 bits per heavy atom. The Labute approximate surface area is 203 Å². The summed E-state index contributed by atoms with van der Waals surface area (Å²) >= 11 is 6.96. The summed E-state index contributed by atoms with van der Waals surface area (Å²) in [5.41, 5.74) is -0.488. The first kappa shape index (κ1) is 23.7. The smallest absolute Gasteiger partial charge is 0.333 e. The SMILES string of the molecule is CNc1cc2[nH]c(=O)n(-c3ccc(NC(=O)N(C)S(=O)c4ccc(Cl)s4)cc3)c(=O)c2cc1F. The summed E-state index contributed by atoms with van der Waals surface area (Å²) in [6.45, 7) is 0. The number of hydrogen-bond acceptors (Lipinski definition) is 6. The Bertz CT molecular complexity index is 1550. The first-order valence-corrected chi connectivity index (χ1v) is 12.0. The molecule has 176 valence electrons. The van der Waals surface area contributed by atoms with Gasteiger partial charge >= 0.3 is 11.7 Å². The number of fused-ring (bicyclic) bond motifs is 1. The van der Waals surface area contributed by atoms with Crippen LogP contribution < -0.4 is 21.9 Å². The van der Waals surface area contributed by atoms with E-state index in [9.17, 15) is 23.0 Å². The molecule has 0 aliphatic carbocycles. The Balaban J connectivity index is 1.59. The molecule has 0 spiro atoms. The van der Waals surface area contributed by atoms with Crippen molar-refractivity contribution in [2.75, 3.05) is 24.7 Å². The second-order valence-corrected chi connectivity index (χ2v) is 10.4. The monoisotopic (exact) mass is 521 g/mol. The number of benzene rings is 2. The third kappa shape index (κ3) is 4.47. The number of nitrogens with zero attached hydrogens (tertiary/aromatic N) is 2. The molecule has 0 bridgehead atoms. The minimum Gasteiger partial charge on any atom is -0.386 e. The number of hydrogen-bond donors (Lipinski definition) is 3. The zero-order valence-corrected chi connectivity index (χ0v) is 20.1. The number of amides is 2. The van der Waals surface area contributed by atoms with E-state index in [0.29, 0.717) is 14.2 Å². The van der Waals surface area contributed by atoms with Gasteiger partial charge < -0.3 is 15.6 Å². The minimum atomic E-state index is -1.74. The molecule has 3 N–H and O–H groups in total. The van der Waals surface area contributed by atoms with Crippen molar-refractivity contribution in [2.45, 2.75) is 4.21 Å². The van der Waals surface area contributed by atoms with Gasteiger partial charge in [-0.1, -0.05) is 11.6 Å². The van der Waals surface area contributed by atoms with E-state index in [1.807, 2.05) is 0 Å². The molecule has 2 amide bonds.